The fraction of sp³-hybridized carbons (Fsp3) is 0.462. The number of hydrogen-bond donors (Lipinski definition) is 2. The van der Waals surface area contributed by atoms with E-state index in [1.54, 1.807) is 0 Å². The zero-order valence-corrected chi connectivity index (χ0v) is 10.2. The molecule has 0 aliphatic heterocycles. The van der Waals surface area contributed by atoms with Crippen molar-refractivity contribution >= 4 is 5.91 Å². The molecule has 1 rings (SSSR count). The predicted molar refractivity (Wildman–Crippen MR) is 66.3 cm³/mol. The summed E-state index contributed by atoms with van der Waals surface area (Å²) >= 11 is 0. The van der Waals surface area contributed by atoms with Crippen LogP contribution in [0.3, 0.4) is 0 Å². The smallest absolute Gasteiger partial charge is 0.237 e. The van der Waals surface area contributed by atoms with Gasteiger partial charge in [-0.1, -0.05) is 30.3 Å². The van der Waals surface area contributed by atoms with Crippen LogP contribution in [0.4, 0.5) is 0 Å². The fourth-order valence-electron chi connectivity index (χ4n) is 1.56. The highest BCUT2D eigenvalue weighted by Crippen LogP contribution is 2.03. The van der Waals surface area contributed by atoms with Crippen molar-refractivity contribution in [2.24, 2.45) is 0 Å². The highest BCUT2D eigenvalue weighted by atomic mass is 16.2. The van der Waals surface area contributed by atoms with E-state index in [1.807, 2.05) is 51.2 Å². The van der Waals surface area contributed by atoms with Gasteiger partial charge >= 0.3 is 0 Å². The molecule has 0 spiro atoms. The summed E-state index contributed by atoms with van der Waals surface area (Å²) in [6, 6.07) is 10.0. The molecule has 1 amide bonds. The summed E-state index contributed by atoms with van der Waals surface area (Å²) in [5.41, 5.74) is 1.17. The molecule has 1 unspecified atom stereocenters. The van der Waals surface area contributed by atoms with Gasteiger partial charge in [-0.25, -0.2) is 0 Å². The second-order valence-electron chi connectivity index (χ2n) is 4.19. The average molecular weight is 220 g/mol. The maximum atomic E-state index is 11.8. The Morgan fingerprint density at radius 2 is 1.88 bits per heavy atom. The number of hydrogen-bond acceptors (Lipinski definition) is 2. The van der Waals surface area contributed by atoms with E-state index in [2.05, 4.69) is 10.6 Å². The van der Waals surface area contributed by atoms with Crippen LogP contribution >= 0.6 is 0 Å². The van der Waals surface area contributed by atoms with Crippen molar-refractivity contribution in [1.29, 1.82) is 0 Å². The van der Waals surface area contributed by atoms with Crippen molar-refractivity contribution < 1.29 is 4.79 Å². The summed E-state index contributed by atoms with van der Waals surface area (Å²) in [7, 11) is 1.81. The average Bonchev–Trinajstić information content (AvgIpc) is 2.26. The first-order chi connectivity index (χ1) is 7.63. The third-order valence-corrected chi connectivity index (χ3v) is 2.38. The Hall–Kier alpha value is -1.35. The van der Waals surface area contributed by atoms with Crippen LogP contribution < -0.4 is 10.6 Å². The first-order valence-electron chi connectivity index (χ1n) is 5.65. The van der Waals surface area contributed by atoms with Crippen LogP contribution in [0.1, 0.15) is 19.4 Å². The zero-order valence-electron chi connectivity index (χ0n) is 10.2. The monoisotopic (exact) mass is 220 g/mol. The van der Waals surface area contributed by atoms with Crippen molar-refractivity contribution in [1.82, 2.24) is 10.6 Å². The largest absolute Gasteiger partial charge is 0.353 e. The van der Waals surface area contributed by atoms with Gasteiger partial charge in [0.1, 0.15) is 0 Å². The van der Waals surface area contributed by atoms with Gasteiger partial charge in [-0.15, -0.1) is 0 Å². The summed E-state index contributed by atoms with van der Waals surface area (Å²) in [6.07, 6.45) is 0.718. The molecule has 0 fully saturated rings. The molecule has 3 nitrogen and oxygen atoms in total. The SMILES string of the molecule is CNC(Cc1ccccc1)C(=O)NC(C)C. The van der Waals surface area contributed by atoms with Gasteiger partial charge in [0.25, 0.3) is 0 Å². The van der Waals surface area contributed by atoms with E-state index in [9.17, 15) is 4.79 Å². The van der Waals surface area contributed by atoms with Gasteiger partial charge in [0, 0.05) is 6.04 Å². The minimum absolute atomic E-state index is 0.0568. The quantitative estimate of drug-likeness (QED) is 0.786. The molecule has 1 aromatic carbocycles. The van der Waals surface area contributed by atoms with Gasteiger partial charge in [0.2, 0.25) is 5.91 Å². The lowest BCUT2D eigenvalue weighted by Gasteiger charge is -2.17. The molecule has 0 radical (unpaired) electrons. The van der Waals surface area contributed by atoms with Crippen molar-refractivity contribution in [2.75, 3.05) is 7.05 Å². The second kappa shape index (κ2) is 6.28. The van der Waals surface area contributed by atoms with Gasteiger partial charge in [0.05, 0.1) is 6.04 Å². The molecular formula is C13H20N2O. The number of carbonyl (C=O) groups is 1. The van der Waals surface area contributed by atoms with Crippen LogP contribution in [0.25, 0.3) is 0 Å². The summed E-state index contributed by atoms with van der Waals surface area (Å²) in [6.45, 7) is 3.93. The zero-order chi connectivity index (χ0) is 12.0. The Kier molecular flexibility index (Phi) is 4.99. The number of likely N-dealkylation sites (N-methyl/N-ethyl adjacent to an activating group) is 1. The van der Waals surface area contributed by atoms with E-state index in [-0.39, 0.29) is 18.0 Å². The highest BCUT2D eigenvalue weighted by molar-refractivity contribution is 5.82. The van der Waals surface area contributed by atoms with Crippen LogP contribution in [0.15, 0.2) is 30.3 Å². The van der Waals surface area contributed by atoms with E-state index in [0.29, 0.717) is 0 Å². The van der Waals surface area contributed by atoms with Crippen LogP contribution in [0, 0.1) is 0 Å². The third-order valence-electron chi connectivity index (χ3n) is 2.38. The summed E-state index contributed by atoms with van der Waals surface area (Å²) in [5.74, 6) is 0.0568. The number of benzene rings is 1. The molecule has 0 saturated carbocycles. The molecule has 0 aromatic heterocycles. The molecule has 2 N–H and O–H groups in total. The van der Waals surface area contributed by atoms with Crippen LogP contribution in [-0.2, 0) is 11.2 Å². The predicted octanol–water partition coefficient (Wildman–Crippen LogP) is 1.34. The lowest BCUT2D eigenvalue weighted by molar-refractivity contribution is -0.123. The normalized spacial score (nSPS) is 12.5. The number of amides is 1. The first kappa shape index (κ1) is 12.7. The van der Waals surface area contributed by atoms with Crippen molar-refractivity contribution in [3.8, 4) is 0 Å². The Bertz CT molecular complexity index is 322. The molecule has 1 aromatic rings. The minimum Gasteiger partial charge on any atom is -0.353 e. The molecule has 0 bridgehead atoms. The van der Waals surface area contributed by atoms with Crippen molar-refractivity contribution in [3.63, 3.8) is 0 Å². The molecule has 3 heteroatoms. The Labute approximate surface area is 97.2 Å². The number of rotatable bonds is 5. The second-order valence-corrected chi connectivity index (χ2v) is 4.19. The topological polar surface area (TPSA) is 41.1 Å². The maximum Gasteiger partial charge on any atom is 0.237 e. The lowest BCUT2D eigenvalue weighted by Crippen LogP contribution is -2.46. The Morgan fingerprint density at radius 1 is 1.25 bits per heavy atom. The van der Waals surface area contributed by atoms with Gasteiger partial charge in [-0.05, 0) is 32.9 Å². The van der Waals surface area contributed by atoms with Crippen LogP contribution in [0.5, 0.6) is 0 Å². The van der Waals surface area contributed by atoms with E-state index in [4.69, 9.17) is 0 Å². The Balaban J connectivity index is 2.58. The molecule has 0 aliphatic rings. The minimum atomic E-state index is -0.162. The van der Waals surface area contributed by atoms with Crippen LogP contribution in [-0.4, -0.2) is 25.0 Å². The van der Waals surface area contributed by atoms with Gasteiger partial charge in [0.15, 0.2) is 0 Å². The molecule has 88 valence electrons. The van der Waals surface area contributed by atoms with Crippen molar-refractivity contribution in [2.45, 2.75) is 32.4 Å². The third kappa shape index (κ3) is 4.03. The molecule has 0 aliphatic carbocycles. The van der Waals surface area contributed by atoms with E-state index < -0.39 is 0 Å². The molecular weight excluding hydrogens is 200 g/mol. The summed E-state index contributed by atoms with van der Waals surface area (Å²) < 4.78 is 0. The maximum absolute atomic E-state index is 11.8. The number of carbonyl (C=O) groups excluding carboxylic acids is 1. The lowest BCUT2D eigenvalue weighted by atomic mass is 10.1. The summed E-state index contributed by atoms with van der Waals surface area (Å²) in [4.78, 5) is 11.8. The van der Waals surface area contributed by atoms with Crippen molar-refractivity contribution in [3.05, 3.63) is 35.9 Å². The van der Waals surface area contributed by atoms with Crippen LogP contribution in [0.2, 0.25) is 0 Å². The highest BCUT2D eigenvalue weighted by Gasteiger charge is 2.16. The molecule has 0 saturated heterocycles. The fourth-order valence-corrected chi connectivity index (χ4v) is 1.56. The van der Waals surface area contributed by atoms with E-state index in [1.165, 1.54) is 5.56 Å². The van der Waals surface area contributed by atoms with Gasteiger partial charge < -0.3 is 10.6 Å². The van der Waals surface area contributed by atoms with E-state index >= 15 is 0 Å². The first-order valence-corrected chi connectivity index (χ1v) is 5.65. The molecule has 0 heterocycles. The van der Waals surface area contributed by atoms with Gasteiger partial charge in [-0.2, -0.15) is 0 Å². The number of nitrogens with one attached hydrogen (secondary N) is 2. The molecule has 16 heavy (non-hydrogen) atoms. The standard InChI is InChI=1S/C13H20N2O/c1-10(2)15-13(16)12(14-3)9-11-7-5-4-6-8-11/h4-8,10,12,14H,9H2,1-3H3,(H,15,16). The van der Waals surface area contributed by atoms with E-state index in [0.717, 1.165) is 6.42 Å². The summed E-state index contributed by atoms with van der Waals surface area (Å²) in [5, 5.41) is 5.96. The van der Waals surface area contributed by atoms with Gasteiger partial charge in [-0.3, -0.25) is 4.79 Å². The Morgan fingerprint density at radius 3 is 2.38 bits per heavy atom. The molecule has 1 atom stereocenters.